The van der Waals surface area contributed by atoms with Gasteiger partial charge in [0, 0.05) is 39.3 Å². The van der Waals surface area contributed by atoms with Crippen LogP contribution in [0.3, 0.4) is 0 Å². The van der Waals surface area contributed by atoms with Crippen LogP contribution in [-0.2, 0) is 14.3 Å². The number of hydrogen-bond donors (Lipinski definition) is 0. The Morgan fingerprint density at radius 3 is 2.17 bits per heavy atom. The van der Waals surface area contributed by atoms with Crippen molar-refractivity contribution in [3.05, 3.63) is 0 Å². The van der Waals surface area contributed by atoms with Crippen molar-refractivity contribution in [2.45, 2.75) is 45.6 Å². The van der Waals surface area contributed by atoms with Gasteiger partial charge in [0.1, 0.15) is 6.04 Å². The summed E-state index contributed by atoms with van der Waals surface area (Å²) in [6.45, 7) is 9.98. The van der Waals surface area contributed by atoms with Crippen LogP contribution in [0.5, 0.6) is 0 Å². The molecule has 0 radical (unpaired) electrons. The zero-order valence-electron chi connectivity index (χ0n) is 14.6. The van der Waals surface area contributed by atoms with Gasteiger partial charge in [-0.05, 0) is 32.6 Å². The molecule has 0 aromatic carbocycles. The first-order valence-corrected chi connectivity index (χ1v) is 9.06. The van der Waals surface area contributed by atoms with E-state index in [-0.39, 0.29) is 17.9 Å². The molecule has 0 spiro atoms. The number of esters is 1. The highest BCUT2D eigenvalue weighted by molar-refractivity contribution is 5.78. The summed E-state index contributed by atoms with van der Waals surface area (Å²) in [5.74, 6) is 0.142. The molecule has 2 aliphatic rings. The summed E-state index contributed by atoms with van der Waals surface area (Å²) in [5, 5.41) is 0. The van der Waals surface area contributed by atoms with E-state index in [2.05, 4.69) is 9.80 Å². The normalized spacial score (nSPS) is 21.9. The van der Waals surface area contributed by atoms with E-state index in [4.69, 9.17) is 4.74 Å². The minimum Gasteiger partial charge on any atom is -0.465 e. The van der Waals surface area contributed by atoms with Crippen LogP contribution in [0.2, 0.25) is 0 Å². The third kappa shape index (κ3) is 5.18. The number of rotatable bonds is 6. The highest BCUT2D eigenvalue weighted by Gasteiger charge is 2.29. The molecule has 0 unspecified atom stereocenters. The quantitative estimate of drug-likeness (QED) is 0.681. The minimum atomic E-state index is -0.144. The lowest BCUT2D eigenvalue weighted by Crippen LogP contribution is -2.54. The Labute approximate surface area is 139 Å². The number of ether oxygens (including phenoxy) is 1. The molecule has 0 aliphatic carbocycles. The standard InChI is InChI=1S/C17H31N3O3/c1-3-15(17(22)23-4-2)19-12-10-18(11-13-19)14-16(21)20-8-6-5-7-9-20/h15H,3-14H2,1-2H3/t15-/m1/s1. The second-order valence-corrected chi connectivity index (χ2v) is 6.43. The van der Waals surface area contributed by atoms with Crippen LogP contribution in [0.15, 0.2) is 0 Å². The molecule has 1 atom stereocenters. The van der Waals surface area contributed by atoms with Crippen molar-refractivity contribution in [3.63, 3.8) is 0 Å². The SMILES string of the molecule is CCOC(=O)[C@@H](CC)N1CCN(CC(=O)N2CCCCC2)CC1. The van der Waals surface area contributed by atoms with E-state index >= 15 is 0 Å². The predicted molar refractivity (Wildman–Crippen MR) is 89.2 cm³/mol. The highest BCUT2D eigenvalue weighted by Crippen LogP contribution is 2.13. The minimum absolute atomic E-state index is 0.118. The number of piperazine rings is 1. The summed E-state index contributed by atoms with van der Waals surface area (Å²) in [7, 11) is 0. The van der Waals surface area contributed by atoms with Crippen LogP contribution >= 0.6 is 0 Å². The molecule has 2 heterocycles. The van der Waals surface area contributed by atoms with Gasteiger partial charge in [0.2, 0.25) is 5.91 Å². The predicted octanol–water partition coefficient (Wildman–Crippen LogP) is 0.958. The lowest BCUT2D eigenvalue weighted by molar-refractivity contribution is -0.151. The van der Waals surface area contributed by atoms with E-state index in [1.165, 1.54) is 6.42 Å². The van der Waals surface area contributed by atoms with Crippen molar-refractivity contribution in [3.8, 4) is 0 Å². The van der Waals surface area contributed by atoms with Gasteiger partial charge in [-0.15, -0.1) is 0 Å². The molecule has 2 saturated heterocycles. The molecule has 0 bridgehead atoms. The third-order valence-electron chi connectivity index (χ3n) is 4.86. The molecule has 0 aromatic heterocycles. The van der Waals surface area contributed by atoms with Crippen LogP contribution in [0.4, 0.5) is 0 Å². The van der Waals surface area contributed by atoms with Gasteiger partial charge in [0.15, 0.2) is 0 Å². The zero-order chi connectivity index (χ0) is 16.7. The number of amides is 1. The van der Waals surface area contributed by atoms with Crippen LogP contribution < -0.4 is 0 Å². The first kappa shape index (κ1) is 18.2. The molecule has 6 nitrogen and oxygen atoms in total. The Kier molecular flexibility index (Phi) is 7.30. The highest BCUT2D eigenvalue weighted by atomic mass is 16.5. The Hall–Kier alpha value is -1.14. The van der Waals surface area contributed by atoms with Gasteiger partial charge in [0.25, 0.3) is 0 Å². The summed E-state index contributed by atoms with van der Waals surface area (Å²) in [4.78, 5) is 30.7. The molecule has 0 saturated carbocycles. The summed E-state index contributed by atoms with van der Waals surface area (Å²) in [6.07, 6.45) is 4.29. The van der Waals surface area contributed by atoms with Crippen molar-refractivity contribution in [1.29, 1.82) is 0 Å². The molecule has 1 amide bonds. The summed E-state index contributed by atoms with van der Waals surface area (Å²) < 4.78 is 5.16. The molecule has 2 rings (SSSR count). The van der Waals surface area contributed by atoms with Crippen LogP contribution in [0.1, 0.15) is 39.5 Å². The smallest absolute Gasteiger partial charge is 0.323 e. The zero-order valence-corrected chi connectivity index (χ0v) is 14.6. The largest absolute Gasteiger partial charge is 0.465 e. The summed E-state index contributed by atoms with van der Waals surface area (Å²) in [5.41, 5.74) is 0. The molecule has 23 heavy (non-hydrogen) atoms. The van der Waals surface area contributed by atoms with E-state index in [9.17, 15) is 9.59 Å². The van der Waals surface area contributed by atoms with Crippen LogP contribution in [-0.4, -0.2) is 85.0 Å². The van der Waals surface area contributed by atoms with Gasteiger partial charge >= 0.3 is 5.97 Å². The molecule has 2 aliphatic heterocycles. The Morgan fingerprint density at radius 2 is 1.61 bits per heavy atom. The lowest BCUT2D eigenvalue weighted by Gasteiger charge is -2.38. The van der Waals surface area contributed by atoms with E-state index in [0.29, 0.717) is 13.2 Å². The Balaban J connectivity index is 1.76. The maximum absolute atomic E-state index is 12.3. The van der Waals surface area contributed by atoms with E-state index in [1.807, 2.05) is 18.7 Å². The second-order valence-electron chi connectivity index (χ2n) is 6.43. The van der Waals surface area contributed by atoms with Gasteiger partial charge in [-0.1, -0.05) is 6.92 Å². The average molecular weight is 325 g/mol. The monoisotopic (exact) mass is 325 g/mol. The summed E-state index contributed by atoms with van der Waals surface area (Å²) >= 11 is 0. The molecule has 0 N–H and O–H groups in total. The Morgan fingerprint density at radius 1 is 0.957 bits per heavy atom. The summed E-state index contributed by atoms with van der Waals surface area (Å²) in [6, 6.07) is -0.144. The topological polar surface area (TPSA) is 53.1 Å². The fourth-order valence-corrected chi connectivity index (χ4v) is 3.48. The van der Waals surface area contributed by atoms with Gasteiger partial charge in [-0.25, -0.2) is 0 Å². The number of likely N-dealkylation sites (tertiary alicyclic amines) is 1. The first-order valence-electron chi connectivity index (χ1n) is 9.06. The first-order chi connectivity index (χ1) is 11.2. The van der Waals surface area contributed by atoms with E-state index in [0.717, 1.165) is 58.5 Å². The van der Waals surface area contributed by atoms with E-state index < -0.39 is 0 Å². The second kappa shape index (κ2) is 9.23. The van der Waals surface area contributed by atoms with Crippen molar-refractivity contribution in [2.24, 2.45) is 0 Å². The average Bonchev–Trinajstić information content (AvgIpc) is 2.58. The maximum atomic E-state index is 12.3. The molecule has 0 aromatic rings. The van der Waals surface area contributed by atoms with Gasteiger partial charge in [-0.3, -0.25) is 19.4 Å². The third-order valence-corrected chi connectivity index (χ3v) is 4.86. The molecular formula is C17H31N3O3. The number of piperidine rings is 1. The number of hydrogen-bond acceptors (Lipinski definition) is 5. The molecule has 6 heteroatoms. The fourth-order valence-electron chi connectivity index (χ4n) is 3.48. The van der Waals surface area contributed by atoms with Gasteiger partial charge < -0.3 is 9.64 Å². The van der Waals surface area contributed by atoms with E-state index in [1.54, 1.807) is 0 Å². The van der Waals surface area contributed by atoms with Crippen molar-refractivity contribution >= 4 is 11.9 Å². The van der Waals surface area contributed by atoms with Crippen LogP contribution in [0.25, 0.3) is 0 Å². The Bertz CT molecular complexity index is 389. The van der Waals surface area contributed by atoms with Crippen molar-refractivity contribution < 1.29 is 14.3 Å². The molecular weight excluding hydrogens is 294 g/mol. The van der Waals surface area contributed by atoms with Crippen molar-refractivity contribution in [1.82, 2.24) is 14.7 Å². The number of nitrogens with zero attached hydrogens (tertiary/aromatic N) is 3. The van der Waals surface area contributed by atoms with Crippen LogP contribution in [0, 0.1) is 0 Å². The molecule has 2 fully saturated rings. The number of carbonyl (C=O) groups is 2. The lowest BCUT2D eigenvalue weighted by atomic mass is 10.1. The van der Waals surface area contributed by atoms with Gasteiger partial charge in [0.05, 0.1) is 13.2 Å². The maximum Gasteiger partial charge on any atom is 0.323 e. The van der Waals surface area contributed by atoms with Gasteiger partial charge in [-0.2, -0.15) is 0 Å². The molecule has 132 valence electrons. The number of carbonyl (C=O) groups excluding carboxylic acids is 2. The fraction of sp³-hybridized carbons (Fsp3) is 0.882. The van der Waals surface area contributed by atoms with Crippen molar-refractivity contribution in [2.75, 3.05) is 52.4 Å².